The number of rotatable bonds is 9. The second kappa shape index (κ2) is 10.1. The third-order valence-corrected chi connectivity index (χ3v) is 2.80. The average molecular weight is 297 g/mol. The van der Waals surface area contributed by atoms with Gasteiger partial charge in [-0.3, -0.25) is 4.99 Å². The lowest BCUT2D eigenvalue weighted by Gasteiger charge is -2.11. The smallest absolute Gasteiger partial charge is 0.228 e. The molecular weight excluding hydrogens is 270 g/mol. The molecule has 0 aliphatic carbocycles. The van der Waals surface area contributed by atoms with Crippen molar-refractivity contribution in [2.75, 3.05) is 33.4 Å². The molecule has 2 N–H and O–H groups in total. The van der Waals surface area contributed by atoms with Crippen LogP contribution in [0.1, 0.15) is 32.0 Å². The van der Waals surface area contributed by atoms with Gasteiger partial charge in [-0.05, 0) is 19.3 Å². The van der Waals surface area contributed by atoms with Gasteiger partial charge in [0, 0.05) is 33.2 Å². The second-order valence-corrected chi connectivity index (χ2v) is 5.21. The van der Waals surface area contributed by atoms with Crippen LogP contribution in [0.5, 0.6) is 0 Å². The van der Waals surface area contributed by atoms with Gasteiger partial charge in [0.05, 0.1) is 6.61 Å². The first-order valence-electron chi connectivity index (χ1n) is 7.43. The van der Waals surface area contributed by atoms with Crippen molar-refractivity contribution in [3.63, 3.8) is 0 Å². The van der Waals surface area contributed by atoms with Gasteiger partial charge in [-0.15, -0.1) is 0 Å². The highest BCUT2D eigenvalue weighted by Crippen LogP contribution is 1.98. The Labute approximate surface area is 126 Å². The van der Waals surface area contributed by atoms with Crippen molar-refractivity contribution in [1.82, 2.24) is 20.8 Å². The van der Waals surface area contributed by atoms with Crippen molar-refractivity contribution in [2.24, 2.45) is 10.9 Å². The van der Waals surface area contributed by atoms with Gasteiger partial charge in [0.2, 0.25) is 5.89 Å². The quantitative estimate of drug-likeness (QED) is 0.404. The van der Waals surface area contributed by atoms with Crippen LogP contribution in [-0.4, -0.2) is 49.5 Å². The Morgan fingerprint density at radius 1 is 1.29 bits per heavy atom. The summed E-state index contributed by atoms with van der Waals surface area (Å²) in [7, 11) is 1.74. The summed E-state index contributed by atoms with van der Waals surface area (Å²) in [5.41, 5.74) is 0. The minimum atomic E-state index is 0.632. The molecule has 1 rings (SSSR count). The molecule has 0 aliphatic rings. The maximum absolute atomic E-state index is 5.54. The number of hydrogen-bond donors (Lipinski definition) is 2. The molecule has 0 aromatic carbocycles. The highest BCUT2D eigenvalue weighted by molar-refractivity contribution is 5.79. The Bertz CT molecular complexity index is 417. The van der Waals surface area contributed by atoms with Gasteiger partial charge < -0.3 is 19.9 Å². The molecule has 0 spiro atoms. The lowest BCUT2D eigenvalue weighted by Crippen LogP contribution is -2.39. The normalized spacial score (nSPS) is 12.0. The third kappa shape index (κ3) is 8.29. The number of aryl methyl sites for hydroxylation is 1. The van der Waals surface area contributed by atoms with Crippen LogP contribution < -0.4 is 10.6 Å². The van der Waals surface area contributed by atoms with Crippen molar-refractivity contribution in [2.45, 2.75) is 33.6 Å². The first kappa shape index (κ1) is 17.4. The van der Waals surface area contributed by atoms with Gasteiger partial charge in [0.15, 0.2) is 11.8 Å². The van der Waals surface area contributed by atoms with Crippen LogP contribution in [0.2, 0.25) is 0 Å². The number of aromatic nitrogens is 2. The van der Waals surface area contributed by atoms with Crippen LogP contribution >= 0.6 is 0 Å². The van der Waals surface area contributed by atoms with E-state index < -0.39 is 0 Å². The highest BCUT2D eigenvalue weighted by atomic mass is 16.5. The van der Waals surface area contributed by atoms with E-state index in [4.69, 9.17) is 9.26 Å². The van der Waals surface area contributed by atoms with Crippen molar-refractivity contribution in [1.29, 1.82) is 0 Å². The molecule has 7 nitrogen and oxygen atoms in total. The first-order chi connectivity index (χ1) is 10.1. The largest absolute Gasteiger partial charge is 0.380 e. The molecular formula is C14H27N5O2. The maximum atomic E-state index is 5.54. The first-order valence-corrected chi connectivity index (χ1v) is 7.43. The number of nitrogens with one attached hydrogen (secondary N) is 2. The standard InChI is InChI=1S/C14H27N5O2/c1-11(2)6-9-20-10-8-17-14(15-4)16-7-5-13-18-12(3)19-21-13/h11H,5-10H2,1-4H3,(H2,15,16,17). The van der Waals surface area contributed by atoms with Gasteiger partial charge in [0.1, 0.15) is 0 Å². The molecule has 21 heavy (non-hydrogen) atoms. The molecule has 1 aromatic heterocycles. The molecule has 0 atom stereocenters. The van der Waals surface area contributed by atoms with Gasteiger partial charge in [-0.1, -0.05) is 19.0 Å². The fourth-order valence-electron chi connectivity index (χ4n) is 1.61. The van der Waals surface area contributed by atoms with E-state index >= 15 is 0 Å². The van der Waals surface area contributed by atoms with E-state index in [1.54, 1.807) is 14.0 Å². The molecule has 0 saturated heterocycles. The average Bonchev–Trinajstić information content (AvgIpc) is 2.86. The van der Waals surface area contributed by atoms with E-state index in [1.807, 2.05) is 0 Å². The van der Waals surface area contributed by atoms with Crippen LogP contribution in [-0.2, 0) is 11.2 Å². The maximum Gasteiger partial charge on any atom is 0.228 e. The van der Waals surface area contributed by atoms with E-state index in [1.165, 1.54) is 0 Å². The molecule has 0 aliphatic heterocycles. The highest BCUT2D eigenvalue weighted by Gasteiger charge is 2.03. The van der Waals surface area contributed by atoms with Crippen LogP contribution in [0.4, 0.5) is 0 Å². The van der Waals surface area contributed by atoms with E-state index in [2.05, 4.69) is 39.6 Å². The summed E-state index contributed by atoms with van der Waals surface area (Å²) in [5.74, 6) is 2.72. The molecule has 0 amide bonds. The molecule has 1 aromatic rings. The Morgan fingerprint density at radius 2 is 2.05 bits per heavy atom. The predicted molar refractivity (Wildman–Crippen MR) is 82.4 cm³/mol. The monoisotopic (exact) mass is 297 g/mol. The fraction of sp³-hybridized carbons (Fsp3) is 0.786. The molecule has 0 fully saturated rings. The topological polar surface area (TPSA) is 84.6 Å². The fourth-order valence-corrected chi connectivity index (χ4v) is 1.61. The summed E-state index contributed by atoms with van der Waals surface area (Å²) in [6.07, 6.45) is 1.77. The summed E-state index contributed by atoms with van der Waals surface area (Å²) in [4.78, 5) is 8.29. The predicted octanol–water partition coefficient (Wildman–Crippen LogP) is 1.15. The molecule has 0 saturated carbocycles. The Morgan fingerprint density at radius 3 is 2.67 bits per heavy atom. The minimum absolute atomic E-state index is 0.632. The molecule has 0 unspecified atom stereocenters. The molecule has 120 valence electrons. The van der Waals surface area contributed by atoms with Crippen molar-refractivity contribution in [3.05, 3.63) is 11.7 Å². The zero-order valence-corrected chi connectivity index (χ0v) is 13.5. The van der Waals surface area contributed by atoms with Crippen molar-refractivity contribution in [3.8, 4) is 0 Å². The minimum Gasteiger partial charge on any atom is -0.380 e. The van der Waals surface area contributed by atoms with Gasteiger partial charge in [-0.2, -0.15) is 4.98 Å². The third-order valence-electron chi connectivity index (χ3n) is 2.80. The number of hydrogen-bond acceptors (Lipinski definition) is 5. The summed E-state index contributed by atoms with van der Waals surface area (Å²) in [6.45, 7) is 9.10. The number of nitrogens with zero attached hydrogens (tertiary/aromatic N) is 3. The lowest BCUT2D eigenvalue weighted by molar-refractivity contribution is 0.128. The van der Waals surface area contributed by atoms with Gasteiger partial charge >= 0.3 is 0 Å². The number of guanidine groups is 1. The zero-order valence-electron chi connectivity index (χ0n) is 13.5. The van der Waals surface area contributed by atoms with Crippen LogP contribution in [0, 0.1) is 12.8 Å². The van der Waals surface area contributed by atoms with Crippen LogP contribution in [0.15, 0.2) is 9.52 Å². The summed E-state index contributed by atoms with van der Waals surface area (Å²) >= 11 is 0. The summed E-state index contributed by atoms with van der Waals surface area (Å²) in [6, 6.07) is 0. The van der Waals surface area contributed by atoms with Gasteiger partial charge in [-0.25, -0.2) is 0 Å². The summed E-state index contributed by atoms with van der Waals surface area (Å²) < 4.78 is 10.6. The van der Waals surface area contributed by atoms with Crippen molar-refractivity contribution >= 4 is 5.96 Å². The Balaban J connectivity index is 2.06. The molecule has 7 heteroatoms. The van der Waals surface area contributed by atoms with E-state index in [0.717, 1.165) is 25.5 Å². The second-order valence-electron chi connectivity index (χ2n) is 5.21. The molecule has 1 heterocycles. The Kier molecular flexibility index (Phi) is 8.42. The molecule has 0 radical (unpaired) electrons. The lowest BCUT2D eigenvalue weighted by atomic mass is 10.1. The molecule has 0 bridgehead atoms. The number of aliphatic imine (C=N–C) groups is 1. The van der Waals surface area contributed by atoms with Crippen LogP contribution in [0.3, 0.4) is 0 Å². The van der Waals surface area contributed by atoms with E-state index in [0.29, 0.717) is 37.2 Å². The summed E-state index contributed by atoms with van der Waals surface area (Å²) in [5, 5.41) is 10.1. The van der Waals surface area contributed by atoms with Gasteiger partial charge in [0.25, 0.3) is 0 Å². The van der Waals surface area contributed by atoms with Crippen LogP contribution in [0.25, 0.3) is 0 Å². The Hall–Kier alpha value is -1.63. The van der Waals surface area contributed by atoms with Crippen molar-refractivity contribution < 1.29 is 9.26 Å². The SMILES string of the molecule is CN=C(NCCOCCC(C)C)NCCc1nc(C)no1. The van der Waals surface area contributed by atoms with E-state index in [9.17, 15) is 0 Å². The zero-order chi connectivity index (χ0) is 15.5. The van der Waals surface area contributed by atoms with E-state index in [-0.39, 0.29) is 0 Å². The number of ether oxygens (including phenoxy) is 1.